The van der Waals surface area contributed by atoms with Gasteiger partial charge in [-0.05, 0) is 48.6 Å². The standard InChI is InChI=1S/C23H21N5O2S2/c1-3-15-9-11-16(12-10-15)32(29,30)23-22-25-20(17-7-5-6-8-18(17)24-4-2)21-19(13-14-31-21)28(22)27-26-23/h5-14,24H,3-4H2,1-2H3. The zero-order chi connectivity index (χ0) is 22.3. The zero-order valence-electron chi connectivity index (χ0n) is 17.6. The van der Waals surface area contributed by atoms with Gasteiger partial charge < -0.3 is 5.32 Å². The van der Waals surface area contributed by atoms with Gasteiger partial charge in [0.1, 0.15) is 0 Å². The van der Waals surface area contributed by atoms with Crippen LogP contribution in [0.25, 0.3) is 27.1 Å². The summed E-state index contributed by atoms with van der Waals surface area (Å²) in [6.07, 6.45) is 0.835. The molecule has 0 spiro atoms. The van der Waals surface area contributed by atoms with Crippen molar-refractivity contribution in [3.05, 3.63) is 65.5 Å². The van der Waals surface area contributed by atoms with Crippen molar-refractivity contribution in [2.75, 3.05) is 11.9 Å². The first kappa shape index (κ1) is 20.6. The summed E-state index contributed by atoms with van der Waals surface area (Å²) in [5.74, 6) is 0. The summed E-state index contributed by atoms with van der Waals surface area (Å²) in [6.45, 7) is 4.82. The van der Waals surface area contributed by atoms with Crippen molar-refractivity contribution in [2.24, 2.45) is 0 Å². The van der Waals surface area contributed by atoms with E-state index in [0.29, 0.717) is 5.69 Å². The van der Waals surface area contributed by atoms with Gasteiger partial charge in [0.25, 0.3) is 0 Å². The third-order valence-electron chi connectivity index (χ3n) is 5.37. The van der Waals surface area contributed by atoms with Gasteiger partial charge in [-0.1, -0.05) is 42.5 Å². The van der Waals surface area contributed by atoms with Gasteiger partial charge in [0, 0.05) is 17.8 Å². The van der Waals surface area contributed by atoms with Crippen molar-refractivity contribution in [2.45, 2.75) is 30.2 Å². The Kier molecular flexibility index (Phi) is 5.15. The SMILES string of the molecule is CCNc1ccccc1-c1nc2c(S(=O)(=O)c3ccc(CC)cc3)nnn2c2ccsc12. The summed E-state index contributed by atoms with van der Waals surface area (Å²) in [6, 6.07) is 16.7. The van der Waals surface area contributed by atoms with Gasteiger partial charge in [-0.3, -0.25) is 0 Å². The van der Waals surface area contributed by atoms with E-state index in [1.807, 2.05) is 61.7 Å². The molecule has 0 saturated heterocycles. The molecule has 0 amide bonds. The van der Waals surface area contributed by atoms with Crippen LogP contribution in [0.2, 0.25) is 0 Å². The number of sulfone groups is 1. The Morgan fingerprint density at radius 3 is 2.56 bits per heavy atom. The number of hydrogen-bond acceptors (Lipinski definition) is 7. The number of thiophene rings is 1. The highest BCUT2D eigenvalue weighted by Gasteiger charge is 2.28. The predicted octanol–water partition coefficient (Wildman–Crippen LogP) is 4.83. The number of rotatable bonds is 6. The van der Waals surface area contributed by atoms with E-state index in [-0.39, 0.29) is 15.6 Å². The Bertz CT molecular complexity index is 1540. The zero-order valence-corrected chi connectivity index (χ0v) is 19.2. The number of hydrogen-bond donors (Lipinski definition) is 1. The second kappa shape index (κ2) is 7.99. The normalized spacial score (nSPS) is 11.9. The third-order valence-corrected chi connectivity index (χ3v) is 7.94. The maximum Gasteiger partial charge on any atom is 0.229 e. The molecular weight excluding hydrogens is 442 g/mol. The third kappa shape index (κ3) is 3.25. The minimum atomic E-state index is -3.89. The second-order valence-corrected chi connectivity index (χ2v) is 10.1. The Labute approximate surface area is 189 Å². The number of aryl methyl sites for hydroxylation is 1. The molecule has 0 atom stereocenters. The smallest absolute Gasteiger partial charge is 0.229 e. The molecule has 5 rings (SSSR count). The van der Waals surface area contributed by atoms with E-state index in [4.69, 9.17) is 4.98 Å². The molecule has 7 nitrogen and oxygen atoms in total. The maximum absolute atomic E-state index is 13.4. The van der Waals surface area contributed by atoms with Gasteiger partial charge in [0.05, 0.1) is 20.8 Å². The van der Waals surface area contributed by atoms with Crippen LogP contribution in [-0.2, 0) is 16.3 Å². The highest BCUT2D eigenvalue weighted by atomic mass is 32.2. The lowest BCUT2D eigenvalue weighted by molar-refractivity contribution is 0.592. The summed E-state index contributed by atoms with van der Waals surface area (Å²) in [7, 11) is -3.89. The lowest BCUT2D eigenvalue weighted by atomic mass is 10.1. The van der Waals surface area contributed by atoms with Crippen molar-refractivity contribution < 1.29 is 8.42 Å². The van der Waals surface area contributed by atoms with Crippen molar-refractivity contribution in [3.63, 3.8) is 0 Å². The van der Waals surface area contributed by atoms with E-state index in [0.717, 1.165) is 40.0 Å². The first-order chi connectivity index (χ1) is 15.5. The van der Waals surface area contributed by atoms with Crippen LogP contribution in [0.3, 0.4) is 0 Å². The summed E-state index contributed by atoms with van der Waals surface area (Å²) in [4.78, 5) is 4.98. The molecule has 3 aromatic heterocycles. The van der Waals surface area contributed by atoms with Gasteiger partial charge in [0.15, 0.2) is 5.65 Å². The van der Waals surface area contributed by atoms with E-state index in [2.05, 4.69) is 15.6 Å². The molecule has 0 radical (unpaired) electrons. The van der Waals surface area contributed by atoms with Crippen molar-refractivity contribution >= 4 is 42.7 Å². The van der Waals surface area contributed by atoms with Gasteiger partial charge in [-0.15, -0.1) is 16.4 Å². The molecule has 1 N–H and O–H groups in total. The summed E-state index contributed by atoms with van der Waals surface area (Å²) >= 11 is 1.54. The number of benzene rings is 2. The molecule has 2 aromatic carbocycles. The highest BCUT2D eigenvalue weighted by molar-refractivity contribution is 7.91. The van der Waals surface area contributed by atoms with Crippen molar-refractivity contribution in [1.29, 1.82) is 0 Å². The van der Waals surface area contributed by atoms with Crippen LogP contribution in [0.4, 0.5) is 5.69 Å². The molecule has 0 bridgehead atoms. The number of fused-ring (bicyclic) bond motifs is 3. The number of para-hydroxylation sites is 1. The highest BCUT2D eigenvalue weighted by Crippen LogP contribution is 2.36. The van der Waals surface area contributed by atoms with Gasteiger partial charge in [0.2, 0.25) is 14.9 Å². The molecule has 0 saturated carbocycles. The van der Waals surface area contributed by atoms with Crippen molar-refractivity contribution in [1.82, 2.24) is 19.8 Å². The van der Waals surface area contributed by atoms with E-state index < -0.39 is 9.84 Å². The lowest BCUT2D eigenvalue weighted by Crippen LogP contribution is -2.05. The van der Waals surface area contributed by atoms with Crippen LogP contribution in [0.5, 0.6) is 0 Å². The number of nitrogens with zero attached hydrogens (tertiary/aromatic N) is 4. The quantitative estimate of drug-likeness (QED) is 0.388. The maximum atomic E-state index is 13.4. The first-order valence-electron chi connectivity index (χ1n) is 10.3. The van der Waals surface area contributed by atoms with Crippen LogP contribution in [0.1, 0.15) is 19.4 Å². The average Bonchev–Trinajstić information content (AvgIpc) is 3.46. The second-order valence-electron chi connectivity index (χ2n) is 7.30. The van der Waals surface area contributed by atoms with Gasteiger partial charge >= 0.3 is 0 Å². The van der Waals surface area contributed by atoms with Gasteiger partial charge in [-0.2, -0.15) is 4.52 Å². The van der Waals surface area contributed by atoms with E-state index in [1.54, 1.807) is 12.1 Å². The molecule has 5 aromatic rings. The first-order valence-corrected chi connectivity index (χ1v) is 12.7. The van der Waals surface area contributed by atoms with Crippen LogP contribution >= 0.6 is 11.3 Å². The van der Waals surface area contributed by atoms with E-state index in [1.165, 1.54) is 15.9 Å². The van der Waals surface area contributed by atoms with E-state index >= 15 is 0 Å². The average molecular weight is 464 g/mol. The fraction of sp³-hybridized carbons (Fsp3) is 0.174. The Hall–Kier alpha value is -3.30. The fourth-order valence-corrected chi connectivity index (χ4v) is 5.84. The molecule has 3 heterocycles. The Balaban J connectivity index is 1.77. The Morgan fingerprint density at radius 2 is 1.81 bits per heavy atom. The predicted molar refractivity (Wildman–Crippen MR) is 127 cm³/mol. The largest absolute Gasteiger partial charge is 0.385 e. The molecule has 0 fully saturated rings. The molecule has 32 heavy (non-hydrogen) atoms. The number of aromatic nitrogens is 4. The lowest BCUT2D eigenvalue weighted by Gasteiger charge is -2.11. The van der Waals surface area contributed by atoms with Gasteiger partial charge in [-0.25, -0.2) is 13.4 Å². The Morgan fingerprint density at radius 1 is 1.03 bits per heavy atom. The van der Waals surface area contributed by atoms with Crippen molar-refractivity contribution in [3.8, 4) is 11.3 Å². The summed E-state index contributed by atoms with van der Waals surface area (Å²) in [5, 5.41) is 13.4. The minimum Gasteiger partial charge on any atom is -0.385 e. The monoisotopic (exact) mass is 463 g/mol. The molecule has 9 heteroatoms. The van der Waals surface area contributed by atoms with Crippen LogP contribution < -0.4 is 5.32 Å². The molecule has 0 aliphatic carbocycles. The molecule has 162 valence electrons. The topological polar surface area (TPSA) is 89.2 Å². The molecule has 0 aliphatic rings. The van der Waals surface area contributed by atoms with E-state index in [9.17, 15) is 8.42 Å². The minimum absolute atomic E-state index is 0.142. The number of anilines is 1. The fourth-order valence-electron chi connectivity index (χ4n) is 3.73. The summed E-state index contributed by atoms with van der Waals surface area (Å²) < 4.78 is 29.3. The molecule has 0 aliphatic heterocycles. The molecular formula is C23H21N5O2S2. The molecule has 0 unspecified atom stereocenters. The summed E-state index contributed by atoms with van der Waals surface area (Å²) in [5.41, 5.74) is 4.61. The van der Waals surface area contributed by atoms with Crippen LogP contribution in [0.15, 0.2) is 69.9 Å². The van der Waals surface area contributed by atoms with Crippen LogP contribution in [-0.4, -0.2) is 34.8 Å². The number of nitrogens with one attached hydrogen (secondary N) is 1. The van der Waals surface area contributed by atoms with Crippen LogP contribution in [0, 0.1) is 0 Å².